The Bertz CT molecular complexity index is 606. The van der Waals surface area contributed by atoms with Crippen LogP contribution in [0.4, 0.5) is 0 Å². The van der Waals surface area contributed by atoms with Gasteiger partial charge in [0.1, 0.15) is 4.21 Å². The number of primary sulfonamides is 1. The Labute approximate surface area is 117 Å². The summed E-state index contributed by atoms with van der Waals surface area (Å²) in [4.78, 5) is 13.9. The highest BCUT2D eigenvalue weighted by Crippen LogP contribution is 2.38. The second kappa shape index (κ2) is 4.88. The van der Waals surface area contributed by atoms with E-state index < -0.39 is 10.0 Å². The van der Waals surface area contributed by atoms with Gasteiger partial charge < -0.3 is 4.90 Å². The van der Waals surface area contributed by atoms with Crippen LogP contribution in [0.15, 0.2) is 9.59 Å². The first-order valence-electron chi connectivity index (χ1n) is 6.08. The van der Waals surface area contributed by atoms with Crippen LogP contribution in [-0.4, -0.2) is 32.8 Å². The van der Waals surface area contributed by atoms with Gasteiger partial charge in [0.2, 0.25) is 10.0 Å². The fourth-order valence-corrected chi connectivity index (χ4v) is 4.19. The Hall–Kier alpha value is -0.920. The number of hydrogen-bond acceptors (Lipinski definition) is 4. The van der Waals surface area contributed by atoms with Gasteiger partial charge in [0.25, 0.3) is 5.91 Å². The average molecular weight is 302 g/mol. The maximum atomic E-state index is 12.3. The molecular weight excluding hydrogens is 284 g/mol. The van der Waals surface area contributed by atoms with Crippen molar-refractivity contribution in [3.63, 3.8) is 0 Å². The third-order valence-electron chi connectivity index (χ3n) is 3.61. The zero-order valence-corrected chi connectivity index (χ0v) is 12.8. The Kier molecular flexibility index (Phi) is 3.72. The van der Waals surface area contributed by atoms with Crippen molar-refractivity contribution in [3.05, 3.63) is 16.5 Å². The minimum Gasteiger partial charge on any atom is -0.341 e. The van der Waals surface area contributed by atoms with Gasteiger partial charge in [-0.05, 0) is 30.7 Å². The molecule has 19 heavy (non-hydrogen) atoms. The third kappa shape index (κ3) is 2.98. The van der Waals surface area contributed by atoms with E-state index in [9.17, 15) is 13.2 Å². The Morgan fingerprint density at radius 2 is 2.16 bits per heavy atom. The van der Waals surface area contributed by atoms with Crippen molar-refractivity contribution >= 4 is 27.3 Å². The van der Waals surface area contributed by atoms with Gasteiger partial charge in [-0.25, -0.2) is 13.6 Å². The minimum atomic E-state index is -3.74. The average Bonchev–Trinajstić information content (AvgIpc) is 2.83. The number of thiophene rings is 1. The lowest BCUT2D eigenvalue weighted by atomic mass is 10.2. The van der Waals surface area contributed by atoms with Crippen molar-refractivity contribution in [1.29, 1.82) is 0 Å². The zero-order chi connectivity index (χ0) is 14.4. The number of sulfonamides is 1. The van der Waals surface area contributed by atoms with Gasteiger partial charge in [-0.15, -0.1) is 11.3 Å². The molecular formula is C12H18N2O3S2. The third-order valence-corrected chi connectivity index (χ3v) is 6.30. The fraction of sp³-hybridized carbons (Fsp3) is 0.583. The molecule has 0 aliphatic heterocycles. The smallest absolute Gasteiger partial charge is 0.254 e. The number of amides is 1. The van der Waals surface area contributed by atoms with E-state index in [4.69, 9.17) is 5.14 Å². The molecule has 1 aromatic heterocycles. The van der Waals surface area contributed by atoms with Crippen LogP contribution in [0.3, 0.4) is 0 Å². The normalized spacial score (nSPS) is 22.3. The zero-order valence-electron chi connectivity index (χ0n) is 11.2. The molecule has 7 heteroatoms. The number of hydrogen-bond donors (Lipinski definition) is 1. The summed E-state index contributed by atoms with van der Waals surface area (Å²) < 4.78 is 22.8. The molecule has 1 saturated carbocycles. The van der Waals surface area contributed by atoms with Crippen LogP contribution in [0.2, 0.25) is 0 Å². The molecule has 1 aliphatic rings. The Morgan fingerprint density at radius 3 is 2.58 bits per heavy atom. The molecule has 0 aromatic carbocycles. The lowest BCUT2D eigenvalue weighted by Crippen LogP contribution is -2.29. The van der Waals surface area contributed by atoms with Gasteiger partial charge in [0.15, 0.2) is 0 Å². The molecule has 2 atom stereocenters. The van der Waals surface area contributed by atoms with Gasteiger partial charge in [0, 0.05) is 19.0 Å². The lowest BCUT2D eigenvalue weighted by Gasteiger charge is -2.17. The highest BCUT2D eigenvalue weighted by molar-refractivity contribution is 7.91. The predicted octanol–water partition coefficient (Wildman–Crippen LogP) is 1.43. The molecule has 2 N–H and O–H groups in total. The summed E-state index contributed by atoms with van der Waals surface area (Å²) in [5, 5.41) is 6.69. The van der Waals surface area contributed by atoms with Crippen LogP contribution in [-0.2, 0) is 10.0 Å². The molecule has 2 rings (SSSR count). The molecule has 106 valence electrons. The molecule has 0 radical (unpaired) electrons. The van der Waals surface area contributed by atoms with Crippen LogP contribution in [0.25, 0.3) is 0 Å². The van der Waals surface area contributed by atoms with E-state index in [1.165, 1.54) is 0 Å². The van der Waals surface area contributed by atoms with E-state index in [-0.39, 0.29) is 10.1 Å². The lowest BCUT2D eigenvalue weighted by molar-refractivity contribution is 0.0786. The summed E-state index contributed by atoms with van der Waals surface area (Å²) in [6.45, 7) is 4.51. The SMILES string of the molecule is Cc1c(C(=O)N(C)CC2CC2C)csc1S(N)(=O)=O. The molecule has 2 unspecified atom stereocenters. The fourth-order valence-electron chi connectivity index (χ4n) is 2.18. The van der Waals surface area contributed by atoms with Gasteiger partial charge >= 0.3 is 0 Å². The van der Waals surface area contributed by atoms with E-state index in [1.54, 1.807) is 24.3 Å². The summed E-state index contributed by atoms with van der Waals surface area (Å²) in [5.74, 6) is 1.12. The first-order chi connectivity index (χ1) is 8.71. The van der Waals surface area contributed by atoms with Crippen molar-refractivity contribution in [2.24, 2.45) is 17.0 Å². The van der Waals surface area contributed by atoms with Gasteiger partial charge in [-0.3, -0.25) is 4.79 Å². The monoisotopic (exact) mass is 302 g/mol. The van der Waals surface area contributed by atoms with Crippen molar-refractivity contribution in [2.75, 3.05) is 13.6 Å². The highest BCUT2D eigenvalue weighted by atomic mass is 32.2. The molecule has 1 heterocycles. The first-order valence-corrected chi connectivity index (χ1v) is 8.50. The van der Waals surface area contributed by atoms with E-state index >= 15 is 0 Å². The summed E-state index contributed by atoms with van der Waals surface area (Å²) >= 11 is 1.00. The Balaban J connectivity index is 2.18. The molecule has 0 saturated heterocycles. The predicted molar refractivity (Wildman–Crippen MR) is 74.7 cm³/mol. The standard InChI is InChI=1S/C12H18N2O3S2/c1-7-4-9(7)5-14(3)11(15)10-6-18-12(8(10)2)19(13,16)17/h6-7,9H,4-5H2,1-3H3,(H2,13,16,17). The molecule has 5 nitrogen and oxygen atoms in total. The van der Waals surface area contributed by atoms with Crippen LogP contribution < -0.4 is 5.14 Å². The van der Waals surface area contributed by atoms with E-state index in [1.807, 2.05) is 0 Å². The minimum absolute atomic E-state index is 0.0732. The van der Waals surface area contributed by atoms with Gasteiger partial charge in [0.05, 0.1) is 5.56 Å². The number of carbonyl (C=O) groups is 1. The van der Waals surface area contributed by atoms with Gasteiger partial charge in [-0.2, -0.15) is 0 Å². The number of carbonyl (C=O) groups excluding carboxylic acids is 1. The number of nitrogens with zero attached hydrogens (tertiary/aromatic N) is 1. The van der Waals surface area contributed by atoms with Crippen LogP contribution in [0.5, 0.6) is 0 Å². The molecule has 1 amide bonds. The van der Waals surface area contributed by atoms with Crippen molar-refractivity contribution in [2.45, 2.75) is 24.5 Å². The summed E-state index contributed by atoms with van der Waals surface area (Å²) in [7, 11) is -1.99. The van der Waals surface area contributed by atoms with Crippen molar-refractivity contribution < 1.29 is 13.2 Å². The van der Waals surface area contributed by atoms with Crippen LogP contribution >= 0.6 is 11.3 Å². The Morgan fingerprint density at radius 1 is 1.58 bits per heavy atom. The quantitative estimate of drug-likeness (QED) is 0.913. The summed E-state index contributed by atoms with van der Waals surface area (Å²) in [6, 6.07) is 0. The van der Waals surface area contributed by atoms with E-state index in [2.05, 4.69) is 6.92 Å². The summed E-state index contributed by atoms with van der Waals surface area (Å²) in [5.41, 5.74) is 0.887. The number of nitrogens with two attached hydrogens (primary N) is 1. The maximum absolute atomic E-state index is 12.3. The largest absolute Gasteiger partial charge is 0.341 e. The maximum Gasteiger partial charge on any atom is 0.254 e. The highest BCUT2D eigenvalue weighted by Gasteiger charge is 2.34. The van der Waals surface area contributed by atoms with Gasteiger partial charge in [-0.1, -0.05) is 6.92 Å². The van der Waals surface area contributed by atoms with Crippen LogP contribution in [0, 0.1) is 18.8 Å². The van der Waals surface area contributed by atoms with Crippen molar-refractivity contribution in [3.8, 4) is 0 Å². The second-order valence-corrected chi connectivity index (χ2v) is 7.90. The molecule has 1 aromatic rings. The van der Waals surface area contributed by atoms with Crippen molar-refractivity contribution in [1.82, 2.24) is 4.90 Å². The molecule has 0 spiro atoms. The molecule has 0 bridgehead atoms. The summed E-state index contributed by atoms with van der Waals surface area (Å²) in [6.07, 6.45) is 1.16. The molecule has 1 aliphatic carbocycles. The topological polar surface area (TPSA) is 80.5 Å². The van der Waals surface area contributed by atoms with E-state index in [0.29, 0.717) is 23.0 Å². The number of rotatable bonds is 4. The molecule has 1 fully saturated rings. The van der Waals surface area contributed by atoms with E-state index in [0.717, 1.165) is 24.3 Å². The van der Waals surface area contributed by atoms with Crippen LogP contribution in [0.1, 0.15) is 29.3 Å². The first kappa shape index (κ1) is 14.5. The second-order valence-electron chi connectivity index (χ2n) is 5.27.